The lowest BCUT2D eigenvalue weighted by Crippen LogP contribution is -2.59. The lowest BCUT2D eigenvalue weighted by molar-refractivity contribution is 0.161. The zero-order valence-corrected chi connectivity index (χ0v) is 7.34. The summed E-state index contributed by atoms with van der Waals surface area (Å²) in [5.74, 6) is 0. The highest BCUT2D eigenvalue weighted by molar-refractivity contribution is 5.75. The van der Waals surface area contributed by atoms with Gasteiger partial charge in [0.2, 0.25) is 0 Å². The minimum absolute atomic E-state index is 0.00981. The summed E-state index contributed by atoms with van der Waals surface area (Å²) >= 11 is 0. The molecular weight excluding hydrogens is 154 g/mol. The number of rotatable bonds is 2. The zero-order valence-electron chi connectivity index (χ0n) is 7.34. The first-order valence-electron chi connectivity index (χ1n) is 4.49. The smallest absolute Gasteiger partial charge is 0.315 e. The molecule has 0 aromatic heterocycles. The number of amides is 2. The maximum Gasteiger partial charge on any atom is 0.315 e. The average molecular weight is 169 g/mol. The van der Waals surface area contributed by atoms with E-state index in [0.29, 0.717) is 12.1 Å². The SMILES string of the molecule is CN1CC(NC(=O)NC2CC2)C1. The number of nitrogens with one attached hydrogen (secondary N) is 2. The third-order valence-corrected chi connectivity index (χ3v) is 2.31. The van der Waals surface area contributed by atoms with Crippen LogP contribution < -0.4 is 10.6 Å². The Bertz CT molecular complexity index is 185. The molecule has 1 aliphatic carbocycles. The summed E-state index contributed by atoms with van der Waals surface area (Å²) in [5.41, 5.74) is 0. The van der Waals surface area contributed by atoms with Crippen LogP contribution in [0.25, 0.3) is 0 Å². The number of carbonyl (C=O) groups is 1. The summed E-state index contributed by atoms with van der Waals surface area (Å²) in [4.78, 5) is 13.3. The van der Waals surface area contributed by atoms with Gasteiger partial charge < -0.3 is 15.5 Å². The number of hydrogen-bond donors (Lipinski definition) is 2. The number of likely N-dealkylation sites (N-methyl/N-ethyl adjacent to an activating group) is 1. The minimum Gasteiger partial charge on any atom is -0.335 e. The lowest BCUT2D eigenvalue weighted by Gasteiger charge is -2.36. The Morgan fingerprint density at radius 3 is 2.33 bits per heavy atom. The third kappa shape index (κ3) is 1.88. The molecule has 4 nitrogen and oxygen atoms in total. The Labute approximate surface area is 72.3 Å². The molecule has 2 N–H and O–H groups in total. The number of carbonyl (C=O) groups excluding carboxylic acids is 1. The van der Waals surface area contributed by atoms with Gasteiger partial charge >= 0.3 is 6.03 Å². The molecule has 4 heteroatoms. The number of hydrogen-bond acceptors (Lipinski definition) is 2. The van der Waals surface area contributed by atoms with Gasteiger partial charge in [-0.25, -0.2) is 4.79 Å². The van der Waals surface area contributed by atoms with Crippen molar-refractivity contribution in [2.24, 2.45) is 0 Å². The molecule has 2 amide bonds. The molecule has 0 bridgehead atoms. The Balaban J connectivity index is 1.62. The lowest BCUT2D eigenvalue weighted by atomic mass is 10.1. The second-order valence-electron chi connectivity index (χ2n) is 3.81. The van der Waals surface area contributed by atoms with Crippen molar-refractivity contribution in [1.29, 1.82) is 0 Å². The molecule has 0 aromatic rings. The number of likely N-dealkylation sites (tertiary alicyclic amines) is 1. The molecule has 68 valence electrons. The van der Waals surface area contributed by atoms with Crippen molar-refractivity contribution >= 4 is 6.03 Å². The fourth-order valence-corrected chi connectivity index (χ4v) is 1.43. The molecule has 0 aromatic carbocycles. The fraction of sp³-hybridized carbons (Fsp3) is 0.875. The molecule has 0 unspecified atom stereocenters. The number of nitrogens with zero attached hydrogens (tertiary/aromatic N) is 1. The number of urea groups is 1. The van der Waals surface area contributed by atoms with Gasteiger partial charge in [-0.2, -0.15) is 0 Å². The molecule has 2 rings (SSSR count). The molecule has 2 fully saturated rings. The summed E-state index contributed by atoms with van der Waals surface area (Å²) in [6.07, 6.45) is 2.30. The monoisotopic (exact) mass is 169 g/mol. The highest BCUT2D eigenvalue weighted by Crippen LogP contribution is 2.18. The van der Waals surface area contributed by atoms with Crippen LogP contribution in [-0.2, 0) is 0 Å². The Hall–Kier alpha value is -0.770. The molecule has 1 aliphatic heterocycles. The Kier molecular flexibility index (Phi) is 1.92. The molecule has 12 heavy (non-hydrogen) atoms. The van der Waals surface area contributed by atoms with E-state index in [4.69, 9.17) is 0 Å². The first-order valence-corrected chi connectivity index (χ1v) is 4.49. The second-order valence-corrected chi connectivity index (χ2v) is 3.81. The maximum atomic E-state index is 11.2. The van der Waals surface area contributed by atoms with E-state index in [9.17, 15) is 4.79 Å². The van der Waals surface area contributed by atoms with Crippen molar-refractivity contribution in [1.82, 2.24) is 15.5 Å². The summed E-state index contributed by atoms with van der Waals surface area (Å²) in [6.45, 7) is 1.97. The van der Waals surface area contributed by atoms with E-state index in [2.05, 4.69) is 22.6 Å². The average Bonchev–Trinajstić information content (AvgIpc) is 2.68. The van der Waals surface area contributed by atoms with Crippen LogP contribution in [0, 0.1) is 0 Å². The van der Waals surface area contributed by atoms with E-state index in [1.165, 1.54) is 0 Å². The summed E-state index contributed by atoms with van der Waals surface area (Å²) in [6, 6.07) is 0.840. The predicted molar refractivity (Wildman–Crippen MR) is 46.0 cm³/mol. The van der Waals surface area contributed by atoms with Gasteiger partial charge in [-0.15, -0.1) is 0 Å². The van der Waals surface area contributed by atoms with Gasteiger partial charge in [0.15, 0.2) is 0 Å². The van der Waals surface area contributed by atoms with Crippen LogP contribution in [0.1, 0.15) is 12.8 Å². The van der Waals surface area contributed by atoms with E-state index < -0.39 is 0 Å². The minimum atomic E-state index is 0.00981. The van der Waals surface area contributed by atoms with E-state index >= 15 is 0 Å². The standard InChI is InChI=1S/C8H15N3O/c1-11-4-7(5-11)10-8(12)9-6-2-3-6/h6-7H,2-5H2,1H3,(H2,9,10,12). The second kappa shape index (κ2) is 2.94. The molecule has 0 radical (unpaired) electrons. The van der Waals surface area contributed by atoms with Crippen LogP contribution in [0.3, 0.4) is 0 Å². The van der Waals surface area contributed by atoms with Crippen molar-refractivity contribution in [2.75, 3.05) is 20.1 Å². The molecule has 0 spiro atoms. The summed E-state index contributed by atoms with van der Waals surface area (Å²) in [5, 5.41) is 5.83. The van der Waals surface area contributed by atoms with Crippen LogP contribution >= 0.6 is 0 Å². The van der Waals surface area contributed by atoms with Crippen LogP contribution in [-0.4, -0.2) is 43.2 Å². The molecule has 1 saturated heterocycles. The fourth-order valence-electron chi connectivity index (χ4n) is 1.43. The molecule has 0 atom stereocenters. The van der Waals surface area contributed by atoms with Crippen molar-refractivity contribution in [3.05, 3.63) is 0 Å². The van der Waals surface area contributed by atoms with Gasteiger partial charge in [0.05, 0.1) is 6.04 Å². The van der Waals surface area contributed by atoms with Crippen LogP contribution in [0.15, 0.2) is 0 Å². The predicted octanol–water partition coefficient (Wildman–Crippen LogP) is -0.238. The molecule has 1 saturated carbocycles. The van der Waals surface area contributed by atoms with Crippen molar-refractivity contribution in [3.8, 4) is 0 Å². The molecular formula is C8H15N3O. The topological polar surface area (TPSA) is 44.4 Å². The van der Waals surface area contributed by atoms with Crippen molar-refractivity contribution < 1.29 is 4.79 Å². The molecule has 1 heterocycles. The van der Waals surface area contributed by atoms with Gasteiger partial charge in [0, 0.05) is 19.1 Å². The van der Waals surface area contributed by atoms with Gasteiger partial charge in [0.1, 0.15) is 0 Å². The summed E-state index contributed by atoms with van der Waals surface area (Å²) in [7, 11) is 2.05. The maximum absolute atomic E-state index is 11.2. The highest BCUT2D eigenvalue weighted by atomic mass is 16.2. The van der Waals surface area contributed by atoms with Crippen LogP contribution in [0.5, 0.6) is 0 Å². The Morgan fingerprint density at radius 1 is 1.25 bits per heavy atom. The Morgan fingerprint density at radius 2 is 1.83 bits per heavy atom. The van der Waals surface area contributed by atoms with Crippen LogP contribution in [0.4, 0.5) is 4.79 Å². The van der Waals surface area contributed by atoms with Gasteiger partial charge in [-0.3, -0.25) is 0 Å². The highest BCUT2D eigenvalue weighted by Gasteiger charge is 2.27. The van der Waals surface area contributed by atoms with Crippen molar-refractivity contribution in [3.63, 3.8) is 0 Å². The quantitative estimate of drug-likeness (QED) is 0.599. The molecule has 2 aliphatic rings. The van der Waals surface area contributed by atoms with Crippen LogP contribution in [0.2, 0.25) is 0 Å². The third-order valence-electron chi connectivity index (χ3n) is 2.31. The van der Waals surface area contributed by atoms with E-state index in [1.54, 1.807) is 0 Å². The van der Waals surface area contributed by atoms with E-state index in [-0.39, 0.29) is 6.03 Å². The first-order chi connectivity index (χ1) is 5.74. The van der Waals surface area contributed by atoms with Gasteiger partial charge in [-0.05, 0) is 19.9 Å². The zero-order chi connectivity index (χ0) is 8.55. The van der Waals surface area contributed by atoms with Crippen molar-refractivity contribution in [2.45, 2.75) is 24.9 Å². The van der Waals surface area contributed by atoms with Gasteiger partial charge in [0.25, 0.3) is 0 Å². The van der Waals surface area contributed by atoms with Gasteiger partial charge in [-0.1, -0.05) is 0 Å². The largest absolute Gasteiger partial charge is 0.335 e. The summed E-state index contributed by atoms with van der Waals surface area (Å²) < 4.78 is 0. The van der Waals surface area contributed by atoms with E-state index in [0.717, 1.165) is 25.9 Å². The van der Waals surface area contributed by atoms with E-state index in [1.807, 2.05) is 0 Å². The normalized spacial score (nSPS) is 24.8. The first kappa shape index (κ1) is 7.86.